The maximum atomic E-state index is 13.1. The predicted octanol–water partition coefficient (Wildman–Crippen LogP) is 4.16. The van der Waals surface area contributed by atoms with E-state index in [0.717, 1.165) is 17.7 Å². The van der Waals surface area contributed by atoms with Crippen LogP contribution in [0.5, 0.6) is 0 Å². The average Bonchev–Trinajstić information content (AvgIpc) is 2.75. The van der Waals surface area contributed by atoms with Crippen LogP contribution in [0.2, 0.25) is 0 Å². The second-order valence-corrected chi connectivity index (χ2v) is 4.24. The maximum absolute atomic E-state index is 13.1. The Kier molecular flexibility index (Phi) is 2.67. The molecule has 5 heteroatoms. The molecule has 0 aliphatic carbocycles. The number of fused-ring (bicyclic) bond motifs is 1. The Morgan fingerprint density at radius 1 is 1.05 bits per heavy atom. The largest absolute Gasteiger partial charge is 0.423 e. The van der Waals surface area contributed by atoms with E-state index in [1.54, 1.807) is 0 Å². The van der Waals surface area contributed by atoms with Crippen molar-refractivity contribution in [3.05, 3.63) is 53.6 Å². The van der Waals surface area contributed by atoms with Crippen LogP contribution in [0, 0.1) is 18.6 Å². The highest BCUT2D eigenvalue weighted by Crippen LogP contribution is 2.23. The highest BCUT2D eigenvalue weighted by Gasteiger charge is 2.08. The van der Waals surface area contributed by atoms with Crippen LogP contribution in [0.15, 0.2) is 40.8 Å². The summed E-state index contributed by atoms with van der Waals surface area (Å²) in [6.07, 6.45) is 0. The van der Waals surface area contributed by atoms with Crippen LogP contribution in [-0.4, -0.2) is 4.98 Å². The highest BCUT2D eigenvalue weighted by molar-refractivity contribution is 5.76. The van der Waals surface area contributed by atoms with Crippen LogP contribution in [-0.2, 0) is 0 Å². The van der Waals surface area contributed by atoms with Gasteiger partial charge in [0.2, 0.25) is 0 Å². The topological polar surface area (TPSA) is 38.1 Å². The lowest BCUT2D eigenvalue weighted by atomic mass is 10.2. The van der Waals surface area contributed by atoms with Crippen molar-refractivity contribution in [2.75, 3.05) is 5.32 Å². The molecule has 0 saturated carbocycles. The van der Waals surface area contributed by atoms with Crippen molar-refractivity contribution in [3.63, 3.8) is 0 Å². The Morgan fingerprint density at radius 3 is 2.68 bits per heavy atom. The van der Waals surface area contributed by atoms with Crippen molar-refractivity contribution in [1.82, 2.24) is 4.98 Å². The minimum atomic E-state index is -0.919. The van der Waals surface area contributed by atoms with Crippen LogP contribution in [0.4, 0.5) is 20.5 Å². The van der Waals surface area contributed by atoms with E-state index in [1.165, 1.54) is 6.07 Å². The summed E-state index contributed by atoms with van der Waals surface area (Å²) in [5, 5.41) is 2.80. The van der Waals surface area contributed by atoms with Crippen molar-refractivity contribution in [2.24, 2.45) is 0 Å². The van der Waals surface area contributed by atoms with Crippen LogP contribution in [0.25, 0.3) is 11.1 Å². The number of benzene rings is 2. The van der Waals surface area contributed by atoms with Crippen LogP contribution in [0.3, 0.4) is 0 Å². The third-order valence-electron chi connectivity index (χ3n) is 2.71. The Bertz CT molecular complexity index is 752. The number of aryl methyl sites for hydroxylation is 1. The fourth-order valence-corrected chi connectivity index (χ4v) is 1.79. The molecule has 0 saturated heterocycles. The fraction of sp³-hybridized carbons (Fsp3) is 0.0714. The van der Waals surface area contributed by atoms with Gasteiger partial charge in [-0.15, -0.1) is 0 Å². The number of rotatable bonds is 2. The summed E-state index contributed by atoms with van der Waals surface area (Å²) >= 11 is 0. The van der Waals surface area contributed by atoms with Gasteiger partial charge in [-0.05, 0) is 36.8 Å². The molecule has 3 rings (SSSR count). The van der Waals surface area contributed by atoms with Crippen LogP contribution >= 0.6 is 0 Å². The maximum Gasteiger partial charge on any atom is 0.300 e. The van der Waals surface area contributed by atoms with Gasteiger partial charge in [-0.2, -0.15) is 4.98 Å². The molecule has 3 nitrogen and oxygen atoms in total. The van der Waals surface area contributed by atoms with Gasteiger partial charge in [-0.1, -0.05) is 6.07 Å². The van der Waals surface area contributed by atoms with Crippen molar-refractivity contribution in [2.45, 2.75) is 6.92 Å². The van der Waals surface area contributed by atoms with E-state index in [2.05, 4.69) is 10.3 Å². The summed E-state index contributed by atoms with van der Waals surface area (Å²) < 4.78 is 31.3. The normalized spacial score (nSPS) is 10.9. The van der Waals surface area contributed by atoms with E-state index in [9.17, 15) is 8.78 Å². The molecule has 0 atom stereocenters. The standard InChI is InChI=1S/C14H10F2N2O/c1-8-2-5-13-12(6-8)18-14(19-13)17-9-3-4-10(15)11(16)7-9/h2-7H,1H3,(H,17,18). The highest BCUT2D eigenvalue weighted by atomic mass is 19.2. The smallest absolute Gasteiger partial charge is 0.300 e. The van der Waals surface area contributed by atoms with Gasteiger partial charge in [-0.25, -0.2) is 8.78 Å². The first kappa shape index (κ1) is 11.6. The molecule has 0 aliphatic heterocycles. The van der Waals surface area contributed by atoms with Crippen molar-refractivity contribution in [1.29, 1.82) is 0 Å². The molecule has 1 N–H and O–H groups in total. The minimum absolute atomic E-state index is 0.242. The molecule has 0 radical (unpaired) electrons. The van der Waals surface area contributed by atoms with E-state index >= 15 is 0 Å². The molecule has 0 fully saturated rings. The molecule has 0 bridgehead atoms. The molecule has 1 heterocycles. The van der Waals surface area contributed by atoms with E-state index < -0.39 is 11.6 Å². The summed E-state index contributed by atoms with van der Waals surface area (Å²) in [5.41, 5.74) is 2.79. The van der Waals surface area contributed by atoms with Crippen LogP contribution < -0.4 is 5.32 Å². The van der Waals surface area contributed by atoms with Gasteiger partial charge in [0.1, 0.15) is 5.52 Å². The number of nitrogens with zero attached hydrogens (tertiary/aromatic N) is 1. The molecule has 1 aromatic heterocycles. The summed E-state index contributed by atoms with van der Waals surface area (Å²) in [4.78, 5) is 4.23. The Balaban J connectivity index is 1.94. The quantitative estimate of drug-likeness (QED) is 0.751. The first-order chi connectivity index (χ1) is 9.11. The van der Waals surface area contributed by atoms with Gasteiger partial charge < -0.3 is 9.73 Å². The molecule has 19 heavy (non-hydrogen) atoms. The van der Waals surface area contributed by atoms with Crippen molar-refractivity contribution >= 4 is 22.8 Å². The van der Waals surface area contributed by atoms with Crippen molar-refractivity contribution < 1.29 is 13.2 Å². The number of oxazole rings is 1. The molecule has 96 valence electrons. The molecule has 2 aromatic carbocycles. The molecule has 0 spiro atoms. The van der Waals surface area contributed by atoms with Gasteiger partial charge >= 0.3 is 0 Å². The molecular formula is C14H10F2N2O. The van der Waals surface area contributed by atoms with Gasteiger partial charge in [0.25, 0.3) is 6.01 Å². The molecular weight excluding hydrogens is 250 g/mol. The van der Waals surface area contributed by atoms with E-state index in [0.29, 0.717) is 16.8 Å². The number of aromatic nitrogens is 1. The summed E-state index contributed by atoms with van der Waals surface area (Å²) in [6, 6.07) is 9.36. The Labute approximate surface area is 107 Å². The minimum Gasteiger partial charge on any atom is -0.423 e. The summed E-state index contributed by atoms with van der Waals surface area (Å²) in [7, 11) is 0. The van der Waals surface area contributed by atoms with Gasteiger partial charge in [0, 0.05) is 11.8 Å². The van der Waals surface area contributed by atoms with Crippen LogP contribution in [0.1, 0.15) is 5.56 Å². The second-order valence-electron chi connectivity index (χ2n) is 4.24. The molecule has 0 amide bonds. The van der Waals surface area contributed by atoms with E-state index in [4.69, 9.17) is 4.42 Å². The van der Waals surface area contributed by atoms with Gasteiger partial charge in [-0.3, -0.25) is 0 Å². The monoisotopic (exact) mass is 260 g/mol. The van der Waals surface area contributed by atoms with Gasteiger partial charge in [0.05, 0.1) is 0 Å². The third-order valence-corrected chi connectivity index (χ3v) is 2.71. The second kappa shape index (κ2) is 4.35. The summed E-state index contributed by atoms with van der Waals surface area (Å²) in [6.45, 7) is 1.95. The number of nitrogens with one attached hydrogen (secondary N) is 1. The number of hydrogen-bond acceptors (Lipinski definition) is 3. The fourth-order valence-electron chi connectivity index (χ4n) is 1.79. The summed E-state index contributed by atoms with van der Waals surface area (Å²) in [5.74, 6) is -1.81. The zero-order chi connectivity index (χ0) is 13.4. The number of anilines is 2. The van der Waals surface area contributed by atoms with E-state index in [1.807, 2.05) is 25.1 Å². The lowest BCUT2D eigenvalue weighted by Crippen LogP contribution is -1.92. The Hall–Kier alpha value is -2.43. The third kappa shape index (κ3) is 2.27. The Morgan fingerprint density at radius 2 is 1.89 bits per heavy atom. The molecule has 0 unspecified atom stereocenters. The molecule has 3 aromatic rings. The number of hydrogen-bond donors (Lipinski definition) is 1. The lowest BCUT2D eigenvalue weighted by Gasteiger charge is -2.01. The first-order valence-corrected chi connectivity index (χ1v) is 5.71. The molecule has 0 aliphatic rings. The van der Waals surface area contributed by atoms with Gasteiger partial charge in [0.15, 0.2) is 17.2 Å². The zero-order valence-corrected chi connectivity index (χ0v) is 10.1. The lowest BCUT2D eigenvalue weighted by molar-refractivity contribution is 0.509. The van der Waals surface area contributed by atoms with Crippen molar-refractivity contribution in [3.8, 4) is 0 Å². The first-order valence-electron chi connectivity index (χ1n) is 5.71. The SMILES string of the molecule is Cc1ccc2oc(Nc3ccc(F)c(F)c3)nc2c1. The zero-order valence-electron chi connectivity index (χ0n) is 10.1. The van der Waals surface area contributed by atoms with E-state index in [-0.39, 0.29) is 6.01 Å². The predicted molar refractivity (Wildman–Crippen MR) is 68.4 cm³/mol. The average molecular weight is 260 g/mol. The number of halogens is 2.